The highest BCUT2D eigenvalue weighted by Crippen LogP contribution is 2.54. The van der Waals surface area contributed by atoms with Gasteiger partial charge in [-0.3, -0.25) is 0 Å². The van der Waals surface area contributed by atoms with Crippen molar-refractivity contribution in [3.8, 4) is 0 Å². The predicted octanol–water partition coefficient (Wildman–Crippen LogP) is 2.79. The molecule has 0 aromatic heterocycles. The Hall–Kier alpha value is -0.960. The molecule has 1 aliphatic rings. The lowest BCUT2D eigenvalue weighted by Gasteiger charge is -2.15. The van der Waals surface area contributed by atoms with Crippen LogP contribution in [-0.2, 0) is 5.54 Å². The summed E-state index contributed by atoms with van der Waals surface area (Å²) in [6.07, 6.45) is 0.741. The van der Waals surface area contributed by atoms with Gasteiger partial charge in [0.1, 0.15) is 11.6 Å². The summed E-state index contributed by atoms with van der Waals surface area (Å²) < 4.78 is 26.5. The Balaban J connectivity index is 2.35. The number of halogens is 2. The molecule has 2 rings (SSSR count). The van der Waals surface area contributed by atoms with Gasteiger partial charge in [-0.2, -0.15) is 0 Å². The summed E-state index contributed by atoms with van der Waals surface area (Å²) in [4.78, 5) is 0. The molecule has 1 fully saturated rings. The van der Waals surface area contributed by atoms with Gasteiger partial charge >= 0.3 is 0 Å². The van der Waals surface area contributed by atoms with E-state index in [1.54, 1.807) is 0 Å². The van der Waals surface area contributed by atoms with Crippen molar-refractivity contribution in [3.05, 3.63) is 35.4 Å². The quantitative estimate of drug-likeness (QED) is 0.799. The molecule has 2 N–H and O–H groups in total. The average molecular weight is 211 g/mol. The summed E-state index contributed by atoms with van der Waals surface area (Å²) in [6.45, 7) is 4.10. The third-order valence-corrected chi connectivity index (χ3v) is 3.29. The van der Waals surface area contributed by atoms with Crippen molar-refractivity contribution >= 4 is 0 Å². The first-order valence-corrected chi connectivity index (χ1v) is 5.19. The molecule has 1 aromatic carbocycles. The van der Waals surface area contributed by atoms with Crippen molar-refractivity contribution in [2.24, 2.45) is 17.6 Å². The molecule has 15 heavy (non-hydrogen) atoms. The molecule has 3 heteroatoms. The zero-order chi connectivity index (χ0) is 11.2. The summed E-state index contributed by atoms with van der Waals surface area (Å²) in [5.74, 6) is -0.167. The van der Waals surface area contributed by atoms with Crippen molar-refractivity contribution in [1.29, 1.82) is 0 Å². The molecule has 0 radical (unpaired) electrons. The van der Waals surface area contributed by atoms with Gasteiger partial charge in [-0.05, 0) is 36.5 Å². The SMILES string of the molecule is CC(C)C1CC1(N)c1cc(F)ccc1F. The second-order valence-electron chi connectivity index (χ2n) is 4.72. The lowest BCUT2D eigenvalue weighted by molar-refractivity contribution is 0.468. The standard InChI is InChI=1S/C12H15F2N/c1-7(2)10-6-12(10,15)9-5-8(13)3-4-11(9)14/h3-5,7,10H,6,15H2,1-2H3. The van der Waals surface area contributed by atoms with Crippen LogP contribution in [0, 0.1) is 23.5 Å². The van der Waals surface area contributed by atoms with Crippen LogP contribution in [0.3, 0.4) is 0 Å². The third-order valence-electron chi connectivity index (χ3n) is 3.29. The smallest absolute Gasteiger partial charge is 0.128 e. The van der Waals surface area contributed by atoms with E-state index in [1.807, 2.05) is 0 Å². The normalized spacial score (nSPS) is 29.6. The second kappa shape index (κ2) is 3.27. The van der Waals surface area contributed by atoms with E-state index in [4.69, 9.17) is 5.73 Å². The highest BCUT2D eigenvalue weighted by molar-refractivity contribution is 5.33. The van der Waals surface area contributed by atoms with Crippen molar-refractivity contribution in [2.75, 3.05) is 0 Å². The average Bonchev–Trinajstić information content (AvgIpc) is 2.84. The maximum atomic E-state index is 13.5. The molecule has 2 unspecified atom stereocenters. The molecule has 0 bridgehead atoms. The van der Waals surface area contributed by atoms with Crippen LogP contribution in [0.5, 0.6) is 0 Å². The van der Waals surface area contributed by atoms with Crippen LogP contribution in [0.4, 0.5) is 8.78 Å². The van der Waals surface area contributed by atoms with Gasteiger partial charge in [-0.25, -0.2) is 8.78 Å². The van der Waals surface area contributed by atoms with Crippen LogP contribution in [0.1, 0.15) is 25.8 Å². The van der Waals surface area contributed by atoms with Gasteiger partial charge in [0.25, 0.3) is 0 Å². The number of hydrogen-bond donors (Lipinski definition) is 1. The fourth-order valence-electron chi connectivity index (χ4n) is 2.30. The van der Waals surface area contributed by atoms with Gasteiger partial charge in [0, 0.05) is 11.1 Å². The molecule has 1 aromatic rings. The van der Waals surface area contributed by atoms with Gasteiger partial charge in [0.2, 0.25) is 0 Å². The van der Waals surface area contributed by atoms with E-state index in [1.165, 1.54) is 6.07 Å². The molecule has 1 saturated carbocycles. The molecule has 0 saturated heterocycles. The zero-order valence-corrected chi connectivity index (χ0v) is 8.93. The van der Waals surface area contributed by atoms with Gasteiger partial charge in [0.15, 0.2) is 0 Å². The molecule has 2 atom stereocenters. The monoisotopic (exact) mass is 211 g/mol. The van der Waals surface area contributed by atoms with E-state index in [-0.39, 0.29) is 5.92 Å². The first-order valence-electron chi connectivity index (χ1n) is 5.19. The Morgan fingerprint density at radius 1 is 1.40 bits per heavy atom. The van der Waals surface area contributed by atoms with Crippen molar-refractivity contribution in [3.63, 3.8) is 0 Å². The minimum absolute atomic E-state index is 0.258. The molecule has 82 valence electrons. The van der Waals surface area contributed by atoms with Crippen LogP contribution in [0.25, 0.3) is 0 Å². The molecule has 0 amide bonds. The van der Waals surface area contributed by atoms with Crippen LogP contribution in [0.15, 0.2) is 18.2 Å². The maximum Gasteiger partial charge on any atom is 0.128 e. The Bertz CT molecular complexity index is 389. The lowest BCUT2D eigenvalue weighted by Crippen LogP contribution is -2.25. The van der Waals surface area contributed by atoms with Gasteiger partial charge < -0.3 is 5.73 Å². The topological polar surface area (TPSA) is 26.0 Å². The van der Waals surface area contributed by atoms with Crippen LogP contribution >= 0.6 is 0 Å². The summed E-state index contributed by atoms with van der Waals surface area (Å²) in [5.41, 5.74) is 5.74. The summed E-state index contributed by atoms with van der Waals surface area (Å²) in [6, 6.07) is 3.49. The fraction of sp³-hybridized carbons (Fsp3) is 0.500. The molecule has 1 aliphatic carbocycles. The Labute approximate surface area is 88.3 Å². The number of benzene rings is 1. The Morgan fingerprint density at radius 3 is 2.60 bits per heavy atom. The molecule has 0 spiro atoms. The molecular formula is C12H15F2N. The van der Waals surface area contributed by atoms with E-state index in [0.29, 0.717) is 11.5 Å². The van der Waals surface area contributed by atoms with Gasteiger partial charge in [-0.15, -0.1) is 0 Å². The summed E-state index contributed by atoms with van der Waals surface area (Å²) in [7, 11) is 0. The Morgan fingerprint density at radius 2 is 2.07 bits per heavy atom. The first-order chi connectivity index (χ1) is 6.95. The zero-order valence-electron chi connectivity index (χ0n) is 8.93. The van der Waals surface area contributed by atoms with E-state index in [9.17, 15) is 8.78 Å². The van der Waals surface area contributed by atoms with E-state index in [2.05, 4.69) is 13.8 Å². The molecule has 1 nitrogen and oxygen atoms in total. The molecule has 0 heterocycles. The van der Waals surface area contributed by atoms with Crippen molar-refractivity contribution < 1.29 is 8.78 Å². The van der Waals surface area contributed by atoms with E-state index >= 15 is 0 Å². The number of hydrogen-bond acceptors (Lipinski definition) is 1. The second-order valence-corrected chi connectivity index (χ2v) is 4.72. The number of rotatable bonds is 2. The molecular weight excluding hydrogens is 196 g/mol. The van der Waals surface area contributed by atoms with Crippen LogP contribution < -0.4 is 5.73 Å². The first kappa shape index (κ1) is 10.6. The predicted molar refractivity (Wildman–Crippen MR) is 55.2 cm³/mol. The maximum absolute atomic E-state index is 13.5. The minimum Gasteiger partial charge on any atom is -0.321 e. The van der Waals surface area contributed by atoms with Gasteiger partial charge in [0.05, 0.1) is 0 Å². The van der Waals surface area contributed by atoms with Crippen molar-refractivity contribution in [1.82, 2.24) is 0 Å². The van der Waals surface area contributed by atoms with Crippen LogP contribution in [-0.4, -0.2) is 0 Å². The van der Waals surface area contributed by atoms with Gasteiger partial charge in [-0.1, -0.05) is 13.8 Å². The third kappa shape index (κ3) is 1.65. The lowest BCUT2D eigenvalue weighted by atomic mass is 9.97. The van der Waals surface area contributed by atoms with E-state index in [0.717, 1.165) is 18.6 Å². The fourth-order valence-corrected chi connectivity index (χ4v) is 2.30. The minimum atomic E-state index is -0.652. The number of nitrogens with two attached hydrogens (primary N) is 1. The molecule has 0 aliphatic heterocycles. The highest BCUT2D eigenvalue weighted by atomic mass is 19.1. The van der Waals surface area contributed by atoms with Crippen LogP contribution in [0.2, 0.25) is 0 Å². The summed E-state index contributed by atoms with van der Waals surface area (Å²) in [5, 5.41) is 0. The summed E-state index contributed by atoms with van der Waals surface area (Å²) >= 11 is 0. The Kier molecular flexibility index (Phi) is 2.30. The highest BCUT2D eigenvalue weighted by Gasteiger charge is 2.54. The van der Waals surface area contributed by atoms with E-state index < -0.39 is 17.2 Å². The van der Waals surface area contributed by atoms with Crippen molar-refractivity contribution in [2.45, 2.75) is 25.8 Å². The largest absolute Gasteiger partial charge is 0.321 e.